The molecule has 5 heteroatoms. The number of hydrogen-bond donors (Lipinski definition) is 1. The number of ether oxygens (including phenoxy) is 1. The van der Waals surface area contributed by atoms with Gasteiger partial charge in [-0.15, -0.1) is 0 Å². The van der Waals surface area contributed by atoms with E-state index in [9.17, 15) is 9.18 Å². The number of carbonyl (C=O) groups is 1. The molecule has 2 rings (SSSR count). The number of aryl methyl sites for hydroxylation is 1. The standard InChI is InChI=1S/C12H11FN2O2/c1-7-6-10(15-14-7)8-4-3-5-9(13)11(8)12(16)17-2/h3-6H,1-2H3,(H,14,15). The molecule has 0 fully saturated rings. The highest BCUT2D eigenvalue weighted by atomic mass is 19.1. The van der Waals surface area contributed by atoms with Gasteiger partial charge in [0.1, 0.15) is 11.4 Å². The zero-order valence-corrected chi connectivity index (χ0v) is 9.45. The van der Waals surface area contributed by atoms with E-state index in [4.69, 9.17) is 0 Å². The Morgan fingerprint density at radius 1 is 1.47 bits per heavy atom. The summed E-state index contributed by atoms with van der Waals surface area (Å²) in [6.07, 6.45) is 0. The number of nitrogens with zero attached hydrogens (tertiary/aromatic N) is 1. The molecular weight excluding hydrogens is 223 g/mol. The van der Waals surface area contributed by atoms with Crippen LogP contribution in [0.1, 0.15) is 16.1 Å². The van der Waals surface area contributed by atoms with Gasteiger partial charge in [-0.2, -0.15) is 5.10 Å². The SMILES string of the molecule is COC(=O)c1c(F)cccc1-c1cc(C)[nH]n1. The number of aromatic amines is 1. The minimum atomic E-state index is -0.709. The lowest BCUT2D eigenvalue weighted by atomic mass is 10.0. The minimum absolute atomic E-state index is 0.0958. The van der Waals surface area contributed by atoms with Crippen LogP contribution in [0, 0.1) is 12.7 Å². The molecule has 1 heterocycles. The van der Waals surface area contributed by atoms with Gasteiger partial charge in [-0.3, -0.25) is 5.10 Å². The number of methoxy groups -OCH3 is 1. The predicted octanol–water partition coefficient (Wildman–Crippen LogP) is 2.31. The van der Waals surface area contributed by atoms with Gasteiger partial charge in [-0.05, 0) is 19.1 Å². The average molecular weight is 234 g/mol. The molecule has 4 nitrogen and oxygen atoms in total. The zero-order valence-electron chi connectivity index (χ0n) is 9.45. The molecule has 0 aliphatic rings. The molecule has 1 N–H and O–H groups in total. The van der Waals surface area contributed by atoms with Gasteiger partial charge in [0.05, 0.1) is 12.8 Å². The third-order valence-electron chi connectivity index (χ3n) is 2.39. The van der Waals surface area contributed by atoms with Crippen molar-refractivity contribution in [3.05, 3.63) is 41.3 Å². The zero-order chi connectivity index (χ0) is 12.4. The Balaban J connectivity index is 2.61. The highest BCUT2D eigenvalue weighted by molar-refractivity contribution is 5.97. The summed E-state index contributed by atoms with van der Waals surface area (Å²) < 4.78 is 18.2. The van der Waals surface area contributed by atoms with Crippen LogP contribution in [0.4, 0.5) is 4.39 Å². The van der Waals surface area contributed by atoms with Gasteiger partial charge in [0.15, 0.2) is 0 Å². The van der Waals surface area contributed by atoms with Crippen LogP contribution in [0.25, 0.3) is 11.3 Å². The molecule has 0 aliphatic carbocycles. The fourth-order valence-corrected chi connectivity index (χ4v) is 1.60. The summed E-state index contributed by atoms with van der Waals surface area (Å²) in [6, 6.07) is 6.11. The first-order chi connectivity index (χ1) is 8.13. The summed E-state index contributed by atoms with van der Waals surface area (Å²) in [5, 5.41) is 6.75. The lowest BCUT2D eigenvalue weighted by molar-refractivity contribution is 0.0596. The van der Waals surface area contributed by atoms with E-state index in [1.807, 2.05) is 6.92 Å². The normalized spacial score (nSPS) is 10.3. The first-order valence-corrected chi connectivity index (χ1v) is 5.02. The molecule has 0 saturated heterocycles. The summed E-state index contributed by atoms with van der Waals surface area (Å²) in [5.41, 5.74) is 1.67. The second-order valence-electron chi connectivity index (χ2n) is 3.59. The number of carbonyl (C=O) groups excluding carboxylic acids is 1. The van der Waals surface area contributed by atoms with E-state index in [0.717, 1.165) is 5.69 Å². The molecular formula is C12H11FN2O2. The highest BCUT2D eigenvalue weighted by Crippen LogP contribution is 2.25. The van der Waals surface area contributed by atoms with Crippen LogP contribution in [-0.2, 0) is 4.74 Å². The molecule has 0 saturated carbocycles. The molecule has 0 amide bonds. The summed E-state index contributed by atoms with van der Waals surface area (Å²) in [6.45, 7) is 1.83. The van der Waals surface area contributed by atoms with Crippen LogP contribution >= 0.6 is 0 Å². The Labute approximate surface area is 97.4 Å². The molecule has 0 unspecified atom stereocenters. The number of esters is 1. The summed E-state index contributed by atoms with van der Waals surface area (Å²) in [5.74, 6) is -1.33. The molecule has 0 bridgehead atoms. The van der Waals surface area contributed by atoms with Crippen molar-refractivity contribution < 1.29 is 13.9 Å². The Hall–Kier alpha value is -2.17. The Morgan fingerprint density at radius 2 is 2.24 bits per heavy atom. The van der Waals surface area contributed by atoms with Crippen LogP contribution in [-0.4, -0.2) is 23.3 Å². The van der Waals surface area contributed by atoms with Gasteiger partial charge in [-0.25, -0.2) is 9.18 Å². The van der Waals surface area contributed by atoms with Crippen molar-refractivity contribution in [1.82, 2.24) is 10.2 Å². The van der Waals surface area contributed by atoms with Crippen molar-refractivity contribution in [3.8, 4) is 11.3 Å². The average Bonchev–Trinajstić information content (AvgIpc) is 2.74. The van der Waals surface area contributed by atoms with Gasteiger partial charge in [-0.1, -0.05) is 12.1 Å². The second kappa shape index (κ2) is 4.37. The van der Waals surface area contributed by atoms with Crippen molar-refractivity contribution in [3.63, 3.8) is 0 Å². The smallest absolute Gasteiger partial charge is 0.341 e. The molecule has 1 aromatic heterocycles. The van der Waals surface area contributed by atoms with E-state index in [-0.39, 0.29) is 5.56 Å². The van der Waals surface area contributed by atoms with Gasteiger partial charge < -0.3 is 4.74 Å². The van der Waals surface area contributed by atoms with Crippen molar-refractivity contribution in [2.45, 2.75) is 6.92 Å². The first-order valence-electron chi connectivity index (χ1n) is 5.02. The van der Waals surface area contributed by atoms with Crippen LogP contribution in [0.3, 0.4) is 0 Å². The van der Waals surface area contributed by atoms with Gasteiger partial charge >= 0.3 is 5.97 Å². The predicted molar refractivity (Wildman–Crippen MR) is 60.1 cm³/mol. The Kier molecular flexibility index (Phi) is 2.91. The quantitative estimate of drug-likeness (QED) is 0.811. The number of aromatic nitrogens is 2. The molecule has 2 aromatic rings. The third kappa shape index (κ3) is 2.04. The number of rotatable bonds is 2. The summed E-state index contributed by atoms with van der Waals surface area (Å²) in [4.78, 5) is 11.5. The lowest BCUT2D eigenvalue weighted by Gasteiger charge is -2.06. The van der Waals surface area contributed by atoms with Gasteiger partial charge in [0, 0.05) is 11.3 Å². The molecule has 0 radical (unpaired) electrons. The largest absolute Gasteiger partial charge is 0.465 e. The van der Waals surface area contributed by atoms with E-state index in [1.165, 1.54) is 19.2 Å². The monoisotopic (exact) mass is 234 g/mol. The van der Waals surface area contributed by atoms with Crippen molar-refractivity contribution in [1.29, 1.82) is 0 Å². The number of nitrogens with one attached hydrogen (secondary N) is 1. The fraction of sp³-hybridized carbons (Fsp3) is 0.167. The van der Waals surface area contributed by atoms with Crippen LogP contribution in [0.2, 0.25) is 0 Å². The maximum atomic E-state index is 13.6. The van der Waals surface area contributed by atoms with E-state index in [0.29, 0.717) is 11.3 Å². The Bertz CT molecular complexity index is 563. The molecule has 88 valence electrons. The van der Waals surface area contributed by atoms with E-state index < -0.39 is 11.8 Å². The van der Waals surface area contributed by atoms with Crippen LogP contribution in [0.5, 0.6) is 0 Å². The van der Waals surface area contributed by atoms with E-state index in [1.54, 1.807) is 12.1 Å². The minimum Gasteiger partial charge on any atom is -0.465 e. The maximum absolute atomic E-state index is 13.6. The molecule has 17 heavy (non-hydrogen) atoms. The van der Waals surface area contributed by atoms with Gasteiger partial charge in [0.25, 0.3) is 0 Å². The summed E-state index contributed by atoms with van der Waals surface area (Å²) in [7, 11) is 1.22. The van der Waals surface area contributed by atoms with E-state index in [2.05, 4.69) is 14.9 Å². The van der Waals surface area contributed by atoms with E-state index >= 15 is 0 Å². The molecule has 0 aliphatic heterocycles. The highest BCUT2D eigenvalue weighted by Gasteiger charge is 2.19. The third-order valence-corrected chi connectivity index (χ3v) is 2.39. The molecule has 1 aromatic carbocycles. The fourth-order valence-electron chi connectivity index (χ4n) is 1.60. The first kappa shape index (κ1) is 11.3. The topological polar surface area (TPSA) is 55.0 Å². The number of benzene rings is 1. The lowest BCUT2D eigenvalue weighted by Crippen LogP contribution is -2.06. The number of H-pyrrole nitrogens is 1. The molecule has 0 atom stereocenters. The molecule has 0 spiro atoms. The number of halogens is 1. The summed E-state index contributed by atoms with van der Waals surface area (Å²) >= 11 is 0. The second-order valence-corrected chi connectivity index (χ2v) is 3.59. The van der Waals surface area contributed by atoms with Crippen LogP contribution in [0.15, 0.2) is 24.3 Å². The van der Waals surface area contributed by atoms with Crippen molar-refractivity contribution in [2.24, 2.45) is 0 Å². The van der Waals surface area contributed by atoms with Crippen molar-refractivity contribution in [2.75, 3.05) is 7.11 Å². The maximum Gasteiger partial charge on any atom is 0.341 e. The Morgan fingerprint density at radius 3 is 2.82 bits per heavy atom. The number of hydrogen-bond acceptors (Lipinski definition) is 3. The van der Waals surface area contributed by atoms with Gasteiger partial charge in [0.2, 0.25) is 0 Å². The van der Waals surface area contributed by atoms with Crippen molar-refractivity contribution >= 4 is 5.97 Å². The van der Waals surface area contributed by atoms with Crippen LogP contribution < -0.4 is 0 Å².